The predicted molar refractivity (Wildman–Crippen MR) is 74.0 cm³/mol. The highest BCUT2D eigenvalue weighted by atomic mass is 16.5. The molecule has 0 fully saturated rings. The summed E-state index contributed by atoms with van der Waals surface area (Å²) in [6.45, 7) is 2.21. The van der Waals surface area contributed by atoms with Crippen LogP contribution in [-0.2, 0) is 9.53 Å². The van der Waals surface area contributed by atoms with Gasteiger partial charge in [0.05, 0.1) is 7.11 Å². The number of phenols is 1. The topological polar surface area (TPSA) is 46.5 Å². The summed E-state index contributed by atoms with van der Waals surface area (Å²) in [6.07, 6.45) is 5.07. The maximum Gasteiger partial charge on any atom is 0.317 e. The van der Waals surface area contributed by atoms with E-state index >= 15 is 0 Å². The third-order valence-electron chi connectivity index (χ3n) is 3.76. The molecule has 1 aromatic carbocycles. The first-order chi connectivity index (χ1) is 9.13. The van der Waals surface area contributed by atoms with E-state index in [2.05, 4.69) is 13.0 Å². The number of hydrogen-bond acceptors (Lipinski definition) is 3. The van der Waals surface area contributed by atoms with Crippen LogP contribution in [-0.4, -0.2) is 18.2 Å². The number of para-hydroxylation sites is 1. The highest BCUT2D eigenvalue weighted by molar-refractivity contribution is 5.82. The Labute approximate surface area is 113 Å². The van der Waals surface area contributed by atoms with E-state index < -0.39 is 5.92 Å². The van der Waals surface area contributed by atoms with Gasteiger partial charge in [0.15, 0.2) is 0 Å². The average Bonchev–Trinajstić information content (AvgIpc) is 2.43. The number of hydrogen-bond donors (Lipinski definition) is 1. The Bertz CT molecular complexity index is 491. The van der Waals surface area contributed by atoms with Crippen molar-refractivity contribution in [3.05, 3.63) is 41.5 Å². The van der Waals surface area contributed by atoms with Crippen LogP contribution in [0.2, 0.25) is 0 Å². The summed E-state index contributed by atoms with van der Waals surface area (Å²) in [7, 11) is 1.39. The molecule has 0 aromatic heterocycles. The Hall–Kier alpha value is -1.77. The molecule has 1 aliphatic rings. The van der Waals surface area contributed by atoms with Gasteiger partial charge in [-0.15, -0.1) is 0 Å². The number of aromatic hydroxyl groups is 1. The summed E-state index contributed by atoms with van der Waals surface area (Å²) in [5.41, 5.74) is 1.70. The van der Waals surface area contributed by atoms with Gasteiger partial charge in [-0.2, -0.15) is 0 Å². The first-order valence-corrected chi connectivity index (χ1v) is 6.68. The molecule has 0 saturated carbocycles. The highest BCUT2D eigenvalue weighted by Gasteiger charge is 2.29. The summed E-state index contributed by atoms with van der Waals surface area (Å²) in [5.74, 6) is 0.0323. The number of allylic oxidation sites excluding steroid dienone is 1. The Morgan fingerprint density at radius 1 is 1.42 bits per heavy atom. The second kappa shape index (κ2) is 5.91. The van der Waals surface area contributed by atoms with E-state index in [0.717, 1.165) is 24.8 Å². The van der Waals surface area contributed by atoms with Gasteiger partial charge < -0.3 is 9.84 Å². The first kappa shape index (κ1) is 13.7. The van der Waals surface area contributed by atoms with E-state index in [4.69, 9.17) is 4.74 Å². The lowest BCUT2D eigenvalue weighted by atomic mass is 9.81. The minimum absolute atomic E-state index is 0.150. The molecule has 0 radical (unpaired) electrons. The number of methoxy groups -OCH3 is 1. The summed E-state index contributed by atoms with van der Waals surface area (Å²) in [4.78, 5) is 12.1. The number of phenolic OH excluding ortho intramolecular Hbond substituents is 1. The molecule has 0 amide bonds. The van der Waals surface area contributed by atoms with Gasteiger partial charge >= 0.3 is 5.97 Å². The molecule has 0 spiro atoms. The zero-order valence-corrected chi connectivity index (χ0v) is 11.4. The van der Waals surface area contributed by atoms with E-state index in [1.807, 2.05) is 6.07 Å². The van der Waals surface area contributed by atoms with Crippen LogP contribution in [0.25, 0.3) is 0 Å². The molecule has 0 heterocycles. The van der Waals surface area contributed by atoms with Crippen molar-refractivity contribution in [3.8, 4) is 5.75 Å². The van der Waals surface area contributed by atoms with Gasteiger partial charge in [0.1, 0.15) is 11.7 Å². The van der Waals surface area contributed by atoms with Crippen molar-refractivity contribution in [1.29, 1.82) is 0 Å². The van der Waals surface area contributed by atoms with Gasteiger partial charge in [-0.3, -0.25) is 4.79 Å². The minimum atomic E-state index is -0.473. The Morgan fingerprint density at radius 2 is 2.16 bits per heavy atom. The molecule has 0 aliphatic heterocycles. The van der Waals surface area contributed by atoms with Gasteiger partial charge in [-0.05, 0) is 31.2 Å². The zero-order chi connectivity index (χ0) is 13.8. The Kier molecular flexibility index (Phi) is 4.25. The van der Waals surface area contributed by atoms with Crippen molar-refractivity contribution in [2.45, 2.75) is 32.1 Å². The molecule has 0 bridgehead atoms. The molecule has 102 valence electrons. The standard InChI is InChI=1S/C16H20O3/c1-11-7-9-12(10-8-11)15(16(18)19-2)13-5-3-4-6-14(13)17/h3-6,9,11,15,17H,7-8,10H2,1-2H3. The number of esters is 1. The van der Waals surface area contributed by atoms with Crippen molar-refractivity contribution in [2.75, 3.05) is 7.11 Å². The van der Waals surface area contributed by atoms with Crippen LogP contribution >= 0.6 is 0 Å². The molecule has 3 nitrogen and oxygen atoms in total. The number of benzene rings is 1. The zero-order valence-electron chi connectivity index (χ0n) is 11.4. The molecule has 0 saturated heterocycles. The monoisotopic (exact) mass is 260 g/mol. The lowest BCUT2D eigenvalue weighted by Gasteiger charge is -2.24. The van der Waals surface area contributed by atoms with E-state index in [1.165, 1.54) is 7.11 Å². The van der Waals surface area contributed by atoms with E-state index in [0.29, 0.717) is 11.5 Å². The van der Waals surface area contributed by atoms with Gasteiger partial charge in [0, 0.05) is 5.56 Å². The van der Waals surface area contributed by atoms with Crippen molar-refractivity contribution in [3.63, 3.8) is 0 Å². The molecule has 19 heavy (non-hydrogen) atoms. The smallest absolute Gasteiger partial charge is 0.317 e. The molecule has 1 aromatic rings. The lowest BCUT2D eigenvalue weighted by molar-refractivity contribution is -0.141. The average molecular weight is 260 g/mol. The summed E-state index contributed by atoms with van der Waals surface area (Å²) >= 11 is 0. The third kappa shape index (κ3) is 2.98. The van der Waals surface area contributed by atoms with Crippen LogP contribution in [0.3, 0.4) is 0 Å². The molecule has 1 aliphatic carbocycles. The fraction of sp³-hybridized carbons (Fsp3) is 0.438. The Balaban J connectivity index is 2.37. The maximum atomic E-state index is 12.1. The van der Waals surface area contributed by atoms with Gasteiger partial charge in [-0.1, -0.05) is 36.8 Å². The van der Waals surface area contributed by atoms with Gasteiger partial charge in [-0.25, -0.2) is 0 Å². The molecule has 1 N–H and O–H groups in total. The van der Waals surface area contributed by atoms with Crippen LogP contribution in [0, 0.1) is 5.92 Å². The first-order valence-electron chi connectivity index (χ1n) is 6.68. The Morgan fingerprint density at radius 3 is 2.74 bits per heavy atom. The molecular formula is C16H20O3. The molecule has 2 rings (SSSR count). The largest absolute Gasteiger partial charge is 0.508 e. The highest BCUT2D eigenvalue weighted by Crippen LogP contribution is 2.37. The fourth-order valence-corrected chi connectivity index (χ4v) is 2.58. The number of carbonyl (C=O) groups is 1. The van der Waals surface area contributed by atoms with Crippen molar-refractivity contribution >= 4 is 5.97 Å². The predicted octanol–water partition coefficient (Wildman–Crippen LogP) is 3.40. The van der Waals surface area contributed by atoms with E-state index in [-0.39, 0.29) is 11.7 Å². The number of ether oxygens (including phenoxy) is 1. The van der Waals surface area contributed by atoms with Crippen LogP contribution in [0.5, 0.6) is 5.75 Å². The van der Waals surface area contributed by atoms with Crippen LogP contribution in [0.4, 0.5) is 0 Å². The minimum Gasteiger partial charge on any atom is -0.508 e. The molecule has 2 unspecified atom stereocenters. The van der Waals surface area contributed by atoms with Gasteiger partial charge in [0.2, 0.25) is 0 Å². The van der Waals surface area contributed by atoms with Crippen LogP contribution < -0.4 is 0 Å². The van der Waals surface area contributed by atoms with Crippen molar-refractivity contribution in [2.24, 2.45) is 5.92 Å². The van der Waals surface area contributed by atoms with Crippen molar-refractivity contribution < 1.29 is 14.6 Å². The SMILES string of the molecule is COC(=O)C(C1=CCC(C)CC1)c1ccccc1O. The molecule has 3 heteroatoms. The van der Waals surface area contributed by atoms with E-state index in [9.17, 15) is 9.90 Å². The molecule has 2 atom stereocenters. The second-order valence-electron chi connectivity index (χ2n) is 5.17. The quantitative estimate of drug-likeness (QED) is 0.669. The van der Waals surface area contributed by atoms with Crippen LogP contribution in [0.1, 0.15) is 37.7 Å². The lowest BCUT2D eigenvalue weighted by Crippen LogP contribution is -2.19. The maximum absolute atomic E-state index is 12.1. The fourth-order valence-electron chi connectivity index (χ4n) is 2.58. The van der Waals surface area contributed by atoms with E-state index in [1.54, 1.807) is 18.2 Å². The molecular weight excluding hydrogens is 240 g/mol. The number of rotatable bonds is 3. The number of carbonyl (C=O) groups excluding carboxylic acids is 1. The van der Waals surface area contributed by atoms with Gasteiger partial charge in [0.25, 0.3) is 0 Å². The summed E-state index contributed by atoms with van der Waals surface area (Å²) in [6, 6.07) is 6.98. The normalized spacial score (nSPS) is 20.5. The third-order valence-corrected chi connectivity index (χ3v) is 3.76. The van der Waals surface area contributed by atoms with Crippen molar-refractivity contribution in [1.82, 2.24) is 0 Å². The second-order valence-corrected chi connectivity index (χ2v) is 5.17. The summed E-state index contributed by atoms with van der Waals surface area (Å²) < 4.78 is 4.91. The van der Waals surface area contributed by atoms with Crippen LogP contribution in [0.15, 0.2) is 35.9 Å². The summed E-state index contributed by atoms with van der Waals surface area (Å²) in [5, 5.41) is 9.97.